The molecule has 0 atom stereocenters. The van der Waals surface area contributed by atoms with Crippen LogP contribution in [-0.2, 0) is 11.8 Å². The first kappa shape index (κ1) is 15.8. The summed E-state index contributed by atoms with van der Waals surface area (Å²) in [5.74, 6) is 0. The van der Waals surface area contributed by atoms with Gasteiger partial charge in [0.15, 0.2) is 0 Å². The highest BCUT2D eigenvalue weighted by Crippen LogP contribution is 2.21. The summed E-state index contributed by atoms with van der Waals surface area (Å²) < 4.78 is 1.98. The average Bonchev–Trinajstić information content (AvgIpc) is 2.95. The third-order valence-electron chi connectivity index (χ3n) is 3.85. The minimum absolute atomic E-state index is 0.0900. The molecule has 2 rings (SSSR count). The number of rotatable bonds is 5. The monoisotopic (exact) mass is 285 g/mol. The molecule has 3 nitrogen and oxygen atoms in total. The van der Waals surface area contributed by atoms with Gasteiger partial charge in [-0.05, 0) is 43.8 Å². The van der Waals surface area contributed by atoms with Crippen molar-refractivity contribution in [2.75, 3.05) is 20.1 Å². The van der Waals surface area contributed by atoms with Crippen molar-refractivity contribution in [1.29, 1.82) is 0 Å². The standard InChI is InChI=1S/C18H27N3/c1-6-20(5)12-10-15-8-7-9-16(14-15)21-13-11-17(19-21)18(2,3)4/h7-9,11,13-14H,6,10,12H2,1-5H3. The van der Waals surface area contributed by atoms with Crippen LogP contribution < -0.4 is 0 Å². The fraction of sp³-hybridized carbons (Fsp3) is 0.500. The fourth-order valence-corrected chi connectivity index (χ4v) is 2.20. The van der Waals surface area contributed by atoms with Crippen LogP contribution >= 0.6 is 0 Å². The third-order valence-corrected chi connectivity index (χ3v) is 3.85. The third kappa shape index (κ3) is 4.18. The molecule has 3 heteroatoms. The lowest BCUT2D eigenvalue weighted by atomic mass is 9.93. The SMILES string of the molecule is CCN(C)CCc1cccc(-n2ccc(C(C)(C)C)n2)c1. The molecule has 0 spiro atoms. The molecular weight excluding hydrogens is 258 g/mol. The molecule has 2 aromatic rings. The molecule has 1 aromatic carbocycles. The molecule has 1 heterocycles. The van der Waals surface area contributed by atoms with Crippen molar-refractivity contribution in [3.05, 3.63) is 47.8 Å². The molecule has 0 amide bonds. The van der Waals surface area contributed by atoms with E-state index in [0.717, 1.165) is 30.9 Å². The lowest BCUT2D eigenvalue weighted by Crippen LogP contribution is -2.20. The first-order chi connectivity index (χ1) is 9.90. The van der Waals surface area contributed by atoms with Crippen LogP contribution in [0, 0.1) is 0 Å². The summed E-state index contributed by atoms with van der Waals surface area (Å²) in [7, 11) is 2.16. The molecule has 0 bridgehead atoms. The minimum Gasteiger partial charge on any atom is -0.306 e. The summed E-state index contributed by atoms with van der Waals surface area (Å²) in [6, 6.07) is 10.8. The highest BCUT2D eigenvalue weighted by molar-refractivity contribution is 5.36. The molecule has 0 radical (unpaired) electrons. The van der Waals surface area contributed by atoms with E-state index in [-0.39, 0.29) is 5.41 Å². The van der Waals surface area contributed by atoms with Gasteiger partial charge in [-0.25, -0.2) is 4.68 Å². The van der Waals surface area contributed by atoms with Crippen LogP contribution in [0.5, 0.6) is 0 Å². The van der Waals surface area contributed by atoms with Crippen LogP contribution in [-0.4, -0.2) is 34.8 Å². The zero-order valence-corrected chi connectivity index (χ0v) is 13.9. The smallest absolute Gasteiger partial charge is 0.0682 e. The lowest BCUT2D eigenvalue weighted by Gasteiger charge is -2.15. The molecule has 0 aliphatic heterocycles. The van der Waals surface area contributed by atoms with Crippen LogP contribution in [0.25, 0.3) is 5.69 Å². The van der Waals surface area contributed by atoms with Gasteiger partial charge in [-0.2, -0.15) is 5.10 Å². The number of hydrogen-bond donors (Lipinski definition) is 0. The maximum absolute atomic E-state index is 4.71. The first-order valence-electron chi connectivity index (χ1n) is 7.74. The van der Waals surface area contributed by atoms with E-state index in [1.54, 1.807) is 0 Å². The van der Waals surface area contributed by atoms with Gasteiger partial charge in [0.1, 0.15) is 0 Å². The summed E-state index contributed by atoms with van der Waals surface area (Å²) in [5.41, 5.74) is 3.72. The van der Waals surface area contributed by atoms with E-state index in [0.29, 0.717) is 0 Å². The predicted molar refractivity (Wildman–Crippen MR) is 89.1 cm³/mol. The van der Waals surface area contributed by atoms with Gasteiger partial charge in [0.05, 0.1) is 11.4 Å². The molecule has 0 fully saturated rings. The van der Waals surface area contributed by atoms with Gasteiger partial charge >= 0.3 is 0 Å². The lowest BCUT2D eigenvalue weighted by molar-refractivity contribution is 0.357. The molecular formula is C18H27N3. The molecule has 0 aliphatic rings. The largest absolute Gasteiger partial charge is 0.306 e. The van der Waals surface area contributed by atoms with Crippen molar-refractivity contribution in [2.45, 2.75) is 39.5 Å². The number of likely N-dealkylation sites (N-methyl/N-ethyl adjacent to an activating group) is 1. The summed E-state index contributed by atoms with van der Waals surface area (Å²) in [4.78, 5) is 2.33. The second-order valence-electron chi connectivity index (χ2n) is 6.71. The number of benzene rings is 1. The molecule has 0 unspecified atom stereocenters. The first-order valence-corrected chi connectivity index (χ1v) is 7.74. The molecule has 0 saturated heterocycles. The Morgan fingerprint density at radius 1 is 1.19 bits per heavy atom. The summed E-state index contributed by atoms with van der Waals surface area (Å²) in [5, 5.41) is 4.71. The van der Waals surface area contributed by atoms with Crippen molar-refractivity contribution in [3.8, 4) is 5.69 Å². The van der Waals surface area contributed by atoms with Crippen LogP contribution in [0.1, 0.15) is 39.0 Å². The molecule has 1 aromatic heterocycles. The highest BCUT2D eigenvalue weighted by Gasteiger charge is 2.17. The number of hydrogen-bond acceptors (Lipinski definition) is 2. The van der Waals surface area contributed by atoms with E-state index in [1.165, 1.54) is 5.56 Å². The topological polar surface area (TPSA) is 21.1 Å². The Morgan fingerprint density at radius 3 is 2.57 bits per heavy atom. The minimum atomic E-state index is 0.0900. The molecule has 114 valence electrons. The summed E-state index contributed by atoms with van der Waals surface area (Å²) in [6.45, 7) is 10.9. The highest BCUT2D eigenvalue weighted by atomic mass is 15.3. The van der Waals surface area contributed by atoms with E-state index < -0.39 is 0 Å². The zero-order valence-electron chi connectivity index (χ0n) is 13.9. The Labute approximate surface area is 128 Å². The van der Waals surface area contributed by atoms with Gasteiger partial charge in [0, 0.05) is 18.2 Å². The Morgan fingerprint density at radius 2 is 1.95 bits per heavy atom. The Hall–Kier alpha value is -1.61. The van der Waals surface area contributed by atoms with Crippen molar-refractivity contribution >= 4 is 0 Å². The van der Waals surface area contributed by atoms with E-state index in [4.69, 9.17) is 5.10 Å². The van der Waals surface area contributed by atoms with E-state index in [9.17, 15) is 0 Å². The van der Waals surface area contributed by atoms with Gasteiger partial charge < -0.3 is 4.90 Å². The maximum Gasteiger partial charge on any atom is 0.0682 e. The van der Waals surface area contributed by atoms with Gasteiger partial charge in [-0.15, -0.1) is 0 Å². The van der Waals surface area contributed by atoms with Gasteiger partial charge in [0.2, 0.25) is 0 Å². The molecule has 0 saturated carbocycles. The Bertz CT molecular complexity index is 578. The molecule has 0 N–H and O–H groups in total. The van der Waals surface area contributed by atoms with Crippen molar-refractivity contribution < 1.29 is 0 Å². The predicted octanol–water partition coefficient (Wildman–Crippen LogP) is 3.66. The number of nitrogens with zero attached hydrogens (tertiary/aromatic N) is 3. The quantitative estimate of drug-likeness (QED) is 0.836. The van der Waals surface area contributed by atoms with Gasteiger partial charge in [0.25, 0.3) is 0 Å². The van der Waals surface area contributed by atoms with Crippen LogP contribution in [0.2, 0.25) is 0 Å². The second kappa shape index (κ2) is 6.44. The number of aromatic nitrogens is 2. The van der Waals surface area contributed by atoms with Crippen molar-refractivity contribution in [2.24, 2.45) is 0 Å². The Balaban J connectivity index is 2.15. The van der Waals surface area contributed by atoms with E-state index in [1.807, 2.05) is 4.68 Å². The van der Waals surface area contributed by atoms with Gasteiger partial charge in [-0.1, -0.05) is 39.8 Å². The van der Waals surface area contributed by atoms with E-state index in [2.05, 4.69) is 76.2 Å². The van der Waals surface area contributed by atoms with Crippen LogP contribution in [0.15, 0.2) is 36.5 Å². The second-order valence-corrected chi connectivity index (χ2v) is 6.71. The Kier molecular flexibility index (Phi) is 4.84. The zero-order chi connectivity index (χ0) is 15.5. The summed E-state index contributed by atoms with van der Waals surface area (Å²) in [6.07, 6.45) is 3.13. The summed E-state index contributed by atoms with van der Waals surface area (Å²) >= 11 is 0. The van der Waals surface area contributed by atoms with Crippen LogP contribution in [0.3, 0.4) is 0 Å². The fourth-order valence-electron chi connectivity index (χ4n) is 2.20. The average molecular weight is 285 g/mol. The molecule has 0 aliphatic carbocycles. The van der Waals surface area contributed by atoms with Crippen molar-refractivity contribution in [3.63, 3.8) is 0 Å². The van der Waals surface area contributed by atoms with Gasteiger partial charge in [-0.3, -0.25) is 0 Å². The molecule has 21 heavy (non-hydrogen) atoms. The van der Waals surface area contributed by atoms with Crippen molar-refractivity contribution in [1.82, 2.24) is 14.7 Å². The normalized spacial score (nSPS) is 12.1. The maximum atomic E-state index is 4.71. The van der Waals surface area contributed by atoms with Crippen LogP contribution in [0.4, 0.5) is 0 Å². The van der Waals surface area contributed by atoms with E-state index >= 15 is 0 Å².